The zero-order valence-corrected chi connectivity index (χ0v) is 14.1. The van der Waals surface area contributed by atoms with Gasteiger partial charge in [0.15, 0.2) is 0 Å². The molecular weight excluding hydrogens is 285 g/mol. The van der Waals surface area contributed by atoms with Crippen LogP contribution in [0.5, 0.6) is 0 Å². The Hall–Kier alpha value is -0.580. The maximum absolute atomic E-state index is 14.0. The number of thioether (sulfide) groups is 1. The molecule has 2 nitrogen and oxygen atoms in total. The van der Waals surface area contributed by atoms with Crippen molar-refractivity contribution in [2.24, 2.45) is 0 Å². The molecule has 1 saturated heterocycles. The third kappa shape index (κ3) is 4.70. The van der Waals surface area contributed by atoms with Crippen molar-refractivity contribution in [2.45, 2.75) is 56.2 Å². The van der Waals surface area contributed by atoms with E-state index in [-0.39, 0.29) is 11.9 Å². The molecule has 0 amide bonds. The molecule has 1 fully saturated rings. The van der Waals surface area contributed by atoms with Gasteiger partial charge in [-0.3, -0.25) is 0 Å². The largest absolute Gasteiger partial charge is 0.381 e. The van der Waals surface area contributed by atoms with E-state index in [1.807, 2.05) is 24.8 Å². The number of hydrogen-bond donors (Lipinski definition) is 1. The molecule has 1 heterocycles. The van der Waals surface area contributed by atoms with Gasteiger partial charge in [-0.1, -0.05) is 6.92 Å². The maximum Gasteiger partial charge on any atom is 0.126 e. The molecule has 118 valence electrons. The minimum absolute atomic E-state index is 0.105. The molecule has 0 spiro atoms. The summed E-state index contributed by atoms with van der Waals surface area (Å²) in [5.41, 5.74) is 1.82. The van der Waals surface area contributed by atoms with Gasteiger partial charge in [0, 0.05) is 29.4 Å². The summed E-state index contributed by atoms with van der Waals surface area (Å²) in [7, 11) is 0. The molecule has 4 heteroatoms. The third-order valence-electron chi connectivity index (χ3n) is 3.92. The van der Waals surface area contributed by atoms with Gasteiger partial charge in [0.1, 0.15) is 5.82 Å². The number of aryl methyl sites for hydroxylation is 1. The highest BCUT2D eigenvalue weighted by atomic mass is 32.2. The number of rotatable bonds is 6. The van der Waals surface area contributed by atoms with E-state index in [1.54, 1.807) is 6.07 Å². The van der Waals surface area contributed by atoms with E-state index in [9.17, 15) is 4.39 Å². The van der Waals surface area contributed by atoms with E-state index in [4.69, 9.17) is 4.74 Å². The molecule has 0 saturated carbocycles. The van der Waals surface area contributed by atoms with E-state index in [0.29, 0.717) is 5.25 Å². The molecule has 1 atom stereocenters. The summed E-state index contributed by atoms with van der Waals surface area (Å²) in [5.74, 6) is -0.105. The molecule has 0 aromatic heterocycles. The van der Waals surface area contributed by atoms with Crippen LogP contribution in [0.15, 0.2) is 17.0 Å². The van der Waals surface area contributed by atoms with E-state index in [1.165, 1.54) is 4.90 Å². The van der Waals surface area contributed by atoms with Crippen molar-refractivity contribution in [3.63, 3.8) is 0 Å². The summed E-state index contributed by atoms with van der Waals surface area (Å²) in [6.45, 7) is 8.75. The molecule has 1 aliphatic heterocycles. The Balaban J connectivity index is 2.18. The van der Waals surface area contributed by atoms with Crippen molar-refractivity contribution in [1.82, 2.24) is 5.32 Å². The van der Waals surface area contributed by atoms with Crippen molar-refractivity contribution < 1.29 is 9.13 Å². The highest BCUT2D eigenvalue weighted by Crippen LogP contribution is 2.36. The molecular formula is C17H26FNOS. The second-order valence-electron chi connectivity index (χ2n) is 5.74. The van der Waals surface area contributed by atoms with Crippen LogP contribution in [0.25, 0.3) is 0 Å². The molecule has 0 bridgehead atoms. The lowest BCUT2D eigenvalue weighted by Gasteiger charge is -2.25. The van der Waals surface area contributed by atoms with Gasteiger partial charge >= 0.3 is 0 Å². The molecule has 0 aliphatic carbocycles. The Kier molecular flexibility index (Phi) is 6.52. The fraction of sp³-hybridized carbons (Fsp3) is 0.647. The van der Waals surface area contributed by atoms with Gasteiger partial charge in [-0.05, 0) is 62.9 Å². The summed E-state index contributed by atoms with van der Waals surface area (Å²) >= 11 is 1.89. The van der Waals surface area contributed by atoms with Crippen LogP contribution in [0.1, 0.15) is 50.3 Å². The van der Waals surface area contributed by atoms with Gasteiger partial charge in [-0.25, -0.2) is 4.39 Å². The summed E-state index contributed by atoms with van der Waals surface area (Å²) in [4.78, 5) is 1.22. The van der Waals surface area contributed by atoms with E-state index < -0.39 is 0 Å². The second-order valence-corrected chi connectivity index (χ2v) is 7.09. The molecule has 1 aliphatic rings. The van der Waals surface area contributed by atoms with Gasteiger partial charge in [0.25, 0.3) is 0 Å². The highest BCUT2D eigenvalue weighted by molar-refractivity contribution is 8.00. The number of nitrogens with one attached hydrogen (secondary N) is 1. The number of benzene rings is 1. The van der Waals surface area contributed by atoms with E-state index >= 15 is 0 Å². The smallest absolute Gasteiger partial charge is 0.126 e. The third-order valence-corrected chi connectivity index (χ3v) is 5.33. The standard InChI is InChI=1S/C17H26FNOS/c1-4-7-19-13(3)15-11-16(18)12(2)10-17(15)21-14-5-8-20-9-6-14/h10-11,13-14,19H,4-9H2,1-3H3. The molecule has 1 aromatic carbocycles. The average molecular weight is 311 g/mol. The first kappa shape index (κ1) is 16.8. The zero-order chi connectivity index (χ0) is 15.2. The number of ether oxygens (including phenoxy) is 1. The van der Waals surface area contributed by atoms with Crippen molar-refractivity contribution in [2.75, 3.05) is 19.8 Å². The predicted molar refractivity (Wildman–Crippen MR) is 87.5 cm³/mol. The van der Waals surface area contributed by atoms with Crippen LogP contribution in [-0.2, 0) is 4.74 Å². The lowest BCUT2D eigenvalue weighted by Crippen LogP contribution is -2.21. The normalized spacial score (nSPS) is 17.9. The van der Waals surface area contributed by atoms with Crippen molar-refractivity contribution in [1.29, 1.82) is 0 Å². The van der Waals surface area contributed by atoms with Gasteiger partial charge < -0.3 is 10.1 Å². The van der Waals surface area contributed by atoms with Crippen molar-refractivity contribution >= 4 is 11.8 Å². The minimum Gasteiger partial charge on any atom is -0.381 e. The molecule has 1 unspecified atom stereocenters. The lowest BCUT2D eigenvalue weighted by molar-refractivity contribution is 0.1000. The van der Waals surface area contributed by atoms with Crippen LogP contribution in [0, 0.1) is 12.7 Å². The molecule has 0 radical (unpaired) electrons. The van der Waals surface area contributed by atoms with Crippen LogP contribution < -0.4 is 5.32 Å². The summed E-state index contributed by atoms with van der Waals surface area (Å²) in [5, 5.41) is 4.05. The van der Waals surface area contributed by atoms with Crippen molar-refractivity contribution in [3.8, 4) is 0 Å². The first-order valence-electron chi connectivity index (χ1n) is 7.89. The van der Waals surface area contributed by atoms with Gasteiger partial charge in [0.2, 0.25) is 0 Å². The quantitative estimate of drug-likeness (QED) is 0.838. The number of hydrogen-bond acceptors (Lipinski definition) is 3. The molecule has 21 heavy (non-hydrogen) atoms. The number of halogens is 1. The van der Waals surface area contributed by atoms with E-state index in [2.05, 4.69) is 19.2 Å². The fourth-order valence-corrected chi connectivity index (χ4v) is 3.96. The maximum atomic E-state index is 14.0. The lowest BCUT2D eigenvalue weighted by atomic mass is 10.1. The van der Waals surface area contributed by atoms with Crippen molar-refractivity contribution in [3.05, 3.63) is 29.1 Å². The van der Waals surface area contributed by atoms with Gasteiger partial charge in [-0.2, -0.15) is 0 Å². The fourth-order valence-electron chi connectivity index (χ4n) is 2.56. The first-order chi connectivity index (χ1) is 10.1. The molecule has 1 N–H and O–H groups in total. The SMILES string of the molecule is CCCNC(C)c1cc(F)c(C)cc1SC1CCOCC1. The zero-order valence-electron chi connectivity index (χ0n) is 13.2. The summed E-state index contributed by atoms with van der Waals surface area (Å²) in [6, 6.07) is 3.90. The topological polar surface area (TPSA) is 21.3 Å². The van der Waals surface area contributed by atoms with Gasteiger partial charge in [0.05, 0.1) is 0 Å². The Morgan fingerprint density at radius 3 is 2.76 bits per heavy atom. The minimum atomic E-state index is -0.105. The Morgan fingerprint density at radius 1 is 1.38 bits per heavy atom. The first-order valence-corrected chi connectivity index (χ1v) is 8.77. The summed E-state index contributed by atoms with van der Waals surface area (Å²) in [6.07, 6.45) is 3.25. The molecule has 1 aromatic rings. The monoisotopic (exact) mass is 311 g/mol. The second kappa shape index (κ2) is 8.16. The Labute approximate surface area is 131 Å². The average Bonchev–Trinajstić information content (AvgIpc) is 2.49. The van der Waals surface area contributed by atoms with Crippen LogP contribution in [-0.4, -0.2) is 25.0 Å². The highest BCUT2D eigenvalue weighted by Gasteiger charge is 2.19. The van der Waals surface area contributed by atoms with Crippen LogP contribution >= 0.6 is 11.8 Å². The van der Waals surface area contributed by atoms with E-state index in [0.717, 1.165) is 50.1 Å². The van der Waals surface area contributed by atoms with Crippen LogP contribution in [0.2, 0.25) is 0 Å². The molecule has 2 rings (SSSR count). The van der Waals surface area contributed by atoms with Crippen LogP contribution in [0.4, 0.5) is 4.39 Å². The Morgan fingerprint density at radius 2 is 2.10 bits per heavy atom. The summed E-state index contributed by atoms with van der Waals surface area (Å²) < 4.78 is 19.4. The Bertz CT molecular complexity index is 460. The van der Waals surface area contributed by atoms with Crippen LogP contribution in [0.3, 0.4) is 0 Å². The predicted octanol–water partition coefficient (Wildman–Crippen LogP) is 4.47. The van der Waals surface area contributed by atoms with Gasteiger partial charge in [-0.15, -0.1) is 11.8 Å².